The van der Waals surface area contributed by atoms with Gasteiger partial charge >= 0.3 is 0 Å². The predicted molar refractivity (Wildman–Crippen MR) is 102 cm³/mol. The van der Waals surface area contributed by atoms with E-state index >= 15 is 0 Å². The fraction of sp³-hybridized carbons (Fsp3) is 0.318. The average molecular weight is 384 g/mol. The molecule has 1 amide bonds. The molecule has 2 aliphatic heterocycles. The van der Waals surface area contributed by atoms with Gasteiger partial charge in [0.2, 0.25) is 5.91 Å². The maximum Gasteiger partial charge on any atom is 0.220 e. The third-order valence-corrected chi connectivity index (χ3v) is 5.72. The van der Waals surface area contributed by atoms with E-state index in [2.05, 4.69) is 0 Å². The van der Waals surface area contributed by atoms with Gasteiger partial charge < -0.3 is 15.4 Å². The zero-order chi connectivity index (χ0) is 19.9. The Kier molecular flexibility index (Phi) is 4.67. The van der Waals surface area contributed by atoms with E-state index in [0.717, 1.165) is 17.7 Å². The zero-order valence-electron chi connectivity index (χ0n) is 15.6. The van der Waals surface area contributed by atoms with Crippen LogP contribution in [0.15, 0.2) is 48.5 Å². The Balaban J connectivity index is 1.95. The summed E-state index contributed by atoms with van der Waals surface area (Å²) in [6, 6.07) is 10.9. The molecule has 4 nitrogen and oxygen atoms in total. The Hall–Kier alpha value is -2.73. The number of fused-ring (bicyclic) bond motifs is 2. The van der Waals surface area contributed by atoms with Crippen molar-refractivity contribution in [1.29, 1.82) is 0 Å². The van der Waals surface area contributed by atoms with Crippen molar-refractivity contribution < 1.29 is 18.3 Å². The lowest BCUT2D eigenvalue weighted by atomic mass is 9.74. The van der Waals surface area contributed by atoms with Crippen LogP contribution in [-0.4, -0.2) is 30.5 Å². The van der Waals surface area contributed by atoms with Crippen LogP contribution in [0.2, 0.25) is 0 Å². The summed E-state index contributed by atoms with van der Waals surface area (Å²) in [5, 5.41) is 0. The van der Waals surface area contributed by atoms with Gasteiger partial charge in [-0.05, 0) is 48.9 Å². The molecule has 2 atom stereocenters. The summed E-state index contributed by atoms with van der Waals surface area (Å²) in [6.45, 7) is 2.53. The molecule has 2 heterocycles. The number of hydrogen-bond donors (Lipinski definition) is 1. The molecule has 4 rings (SSSR count). The normalized spacial score (nSPS) is 23.4. The molecule has 0 aromatic heterocycles. The maximum atomic E-state index is 14.5. The molecule has 28 heavy (non-hydrogen) atoms. The highest BCUT2D eigenvalue weighted by Gasteiger charge is 2.52. The van der Waals surface area contributed by atoms with Crippen molar-refractivity contribution in [2.75, 3.05) is 19.7 Å². The lowest BCUT2D eigenvalue weighted by molar-refractivity contribution is -0.135. The first-order chi connectivity index (χ1) is 13.5. The Morgan fingerprint density at radius 1 is 1.29 bits per heavy atom. The van der Waals surface area contributed by atoms with Crippen LogP contribution in [0.25, 0.3) is 5.57 Å². The molecule has 0 aliphatic carbocycles. The molecule has 6 heteroatoms. The Labute approximate surface area is 162 Å². The van der Waals surface area contributed by atoms with Crippen molar-refractivity contribution in [3.8, 4) is 5.75 Å². The first kappa shape index (κ1) is 18.6. The summed E-state index contributed by atoms with van der Waals surface area (Å²) >= 11 is 0. The van der Waals surface area contributed by atoms with Crippen LogP contribution < -0.4 is 10.5 Å². The summed E-state index contributed by atoms with van der Waals surface area (Å²) in [5.41, 5.74) is 6.67. The van der Waals surface area contributed by atoms with E-state index in [1.54, 1.807) is 4.90 Å². The van der Waals surface area contributed by atoms with Gasteiger partial charge in [-0.15, -0.1) is 0 Å². The number of nitrogens with two attached hydrogens (primary N) is 1. The number of para-hydroxylation sites is 1. The highest BCUT2D eigenvalue weighted by Crippen LogP contribution is 2.51. The SMILES string of the molecule is CC(=O)N1CC(c2cc(F)ccc2F)=CC12c1ccccc1OCC2CCN. The van der Waals surface area contributed by atoms with Gasteiger partial charge in [0.05, 0.1) is 12.1 Å². The van der Waals surface area contributed by atoms with Gasteiger partial charge in [0.25, 0.3) is 0 Å². The van der Waals surface area contributed by atoms with E-state index in [1.165, 1.54) is 13.0 Å². The minimum Gasteiger partial charge on any atom is -0.493 e. The Morgan fingerprint density at radius 2 is 2.07 bits per heavy atom. The molecule has 1 spiro atoms. The Bertz CT molecular complexity index is 959. The number of hydrogen-bond acceptors (Lipinski definition) is 3. The lowest BCUT2D eigenvalue weighted by Crippen LogP contribution is -2.53. The molecule has 2 aliphatic rings. The first-order valence-electron chi connectivity index (χ1n) is 9.35. The third kappa shape index (κ3) is 2.79. The van der Waals surface area contributed by atoms with Gasteiger partial charge in [-0.25, -0.2) is 8.78 Å². The van der Waals surface area contributed by atoms with Gasteiger partial charge in [0.1, 0.15) is 17.4 Å². The smallest absolute Gasteiger partial charge is 0.220 e. The average Bonchev–Trinajstić information content (AvgIpc) is 3.08. The summed E-state index contributed by atoms with van der Waals surface area (Å²) in [5.74, 6) is -0.561. The van der Waals surface area contributed by atoms with Crippen LogP contribution in [0.1, 0.15) is 24.5 Å². The lowest BCUT2D eigenvalue weighted by Gasteiger charge is -2.47. The molecule has 0 radical (unpaired) electrons. The Morgan fingerprint density at radius 3 is 2.82 bits per heavy atom. The monoisotopic (exact) mass is 384 g/mol. The van der Waals surface area contributed by atoms with Crippen LogP contribution in [0.3, 0.4) is 0 Å². The van der Waals surface area contributed by atoms with Crippen molar-refractivity contribution in [1.82, 2.24) is 4.90 Å². The minimum absolute atomic E-state index is 0.0922. The van der Waals surface area contributed by atoms with Crippen LogP contribution in [-0.2, 0) is 10.3 Å². The minimum atomic E-state index is -0.797. The number of carbonyl (C=O) groups excluding carboxylic acids is 1. The van der Waals surface area contributed by atoms with E-state index in [4.69, 9.17) is 10.5 Å². The molecule has 2 N–H and O–H groups in total. The second-order valence-electron chi connectivity index (χ2n) is 7.31. The first-order valence-corrected chi connectivity index (χ1v) is 9.35. The standard InChI is InChI=1S/C22H22F2N2O2/c1-14(27)26-12-15(18-10-17(23)6-7-20(18)24)11-22(26)16(8-9-25)13-28-21-5-3-2-4-19(21)22/h2-7,10-11,16H,8-9,12-13,25H2,1H3. The van der Waals surface area contributed by atoms with Crippen molar-refractivity contribution in [2.24, 2.45) is 11.7 Å². The fourth-order valence-corrected chi connectivity index (χ4v) is 4.50. The molecule has 2 aromatic rings. The summed E-state index contributed by atoms with van der Waals surface area (Å²) in [6.07, 6.45) is 2.54. The topological polar surface area (TPSA) is 55.6 Å². The third-order valence-electron chi connectivity index (χ3n) is 5.72. The quantitative estimate of drug-likeness (QED) is 0.882. The maximum absolute atomic E-state index is 14.5. The number of benzene rings is 2. The molecule has 0 bridgehead atoms. The zero-order valence-corrected chi connectivity index (χ0v) is 15.6. The van der Waals surface area contributed by atoms with Crippen molar-refractivity contribution in [3.63, 3.8) is 0 Å². The number of amides is 1. The van der Waals surface area contributed by atoms with Crippen LogP contribution in [0.5, 0.6) is 5.75 Å². The highest BCUT2D eigenvalue weighted by molar-refractivity contribution is 5.83. The largest absolute Gasteiger partial charge is 0.493 e. The molecule has 0 saturated heterocycles. The predicted octanol–water partition coefficient (Wildman–Crippen LogP) is 3.46. The summed E-state index contributed by atoms with van der Waals surface area (Å²) < 4.78 is 34.2. The van der Waals surface area contributed by atoms with Gasteiger partial charge in [0, 0.05) is 30.5 Å². The van der Waals surface area contributed by atoms with E-state index < -0.39 is 17.2 Å². The van der Waals surface area contributed by atoms with E-state index in [-0.39, 0.29) is 23.9 Å². The van der Waals surface area contributed by atoms with E-state index in [9.17, 15) is 13.6 Å². The fourth-order valence-electron chi connectivity index (χ4n) is 4.50. The van der Waals surface area contributed by atoms with E-state index in [0.29, 0.717) is 30.9 Å². The van der Waals surface area contributed by atoms with Crippen LogP contribution in [0, 0.1) is 17.6 Å². The van der Waals surface area contributed by atoms with Gasteiger partial charge in [0.15, 0.2) is 0 Å². The number of carbonyl (C=O) groups is 1. The molecule has 2 unspecified atom stereocenters. The highest BCUT2D eigenvalue weighted by atomic mass is 19.1. The van der Waals surface area contributed by atoms with Crippen LogP contribution in [0.4, 0.5) is 8.78 Å². The summed E-state index contributed by atoms with van der Waals surface area (Å²) in [7, 11) is 0. The van der Waals surface area contributed by atoms with Gasteiger partial charge in [-0.3, -0.25) is 4.79 Å². The second-order valence-corrected chi connectivity index (χ2v) is 7.31. The molecule has 0 fully saturated rings. The van der Waals surface area contributed by atoms with Crippen LogP contribution >= 0.6 is 0 Å². The van der Waals surface area contributed by atoms with Crippen molar-refractivity contribution >= 4 is 11.5 Å². The number of nitrogens with zero attached hydrogens (tertiary/aromatic N) is 1. The van der Waals surface area contributed by atoms with E-state index in [1.807, 2.05) is 30.3 Å². The molecule has 0 saturated carbocycles. The van der Waals surface area contributed by atoms with Crippen molar-refractivity contribution in [2.45, 2.75) is 18.9 Å². The van der Waals surface area contributed by atoms with Gasteiger partial charge in [-0.1, -0.05) is 18.2 Å². The molecule has 2 aromatic carbocycles. The number of rotatable bonds is 3. The summed E-state index contributed by atoms with van der Waals surface area (Å²) in [4.78, 5) is 14.4. The number of ether oxygens (including phenoxy) is 1. The second kappa shape index (κ2) is 7.02. The molecular formula is C22H22F2N2O2. The number of halogens is 2. The van der Waals surface area contributed by atoms with Crippen molar-refractivity contribution in [3.05, 3.63) is 71.3 Å². The molecule has 146 valence electrons. The van der Waals surface area contributed by atoms with Gasteiger partial charge in [-0.2, -0.15) is 0 Å². The molecular weight excluding hydrogens is 362 g/mol.